The van der Waals surface area contributed by atoms with Crippen LogP contribution in [0.25, 0.3) is 0 Å². The maximum absolute atomic E-state index is 12.7. The second-order valence-corrected chi connectivity index (χ2v) is 3.22. The van der Waals surface area contributed by atoms with E-state index in [1.165, 1.54) is 7.11 Å². The van der Waals surface area contributed by atoms with Gasteiger partial charge in [-0.05, 0) is 22.0 Å². The predicted molar refractivity (Wildman–Crippen MR) is 50.1 cm³/mol. The quantitative estimate of drug-likeness (QED) is 0.793. The molecule has 0 atom stereocenters. The van der Waals surface area contributed by atoms with Crippen LogP contribution >= 0.6 is 15.9 Å². The maximum atomic E-state index is 12.7. The van der Waals surface area contributed by atoms with Crippen molar-refractivity contribution in [3.05, 3.63) is 28.2 Å². The Labute approximate surface area is 87.2 Å². The average Bonchev–Trinajstić information content (AvgIpc) is 2.14. The third-order valence-corrected chi connectivity index (χ3v) is 2.09. The van der Waals surface area contributed by atoms with Gasteiger partial charge in [-0.15, -0.1) is 0 Å². The molecule has 0 fully saturated rings. The Hall–Kier alpha value is -1.17. The van der Waals surface area contributed by atoms with Crippen molar-refractivity contribution < 1.29 is 18.3 Å². The molecule has 6 heteroatoms. The first-order valence-electron chi connectivity index (χ1n) is 3.54. The predicted octanol–water partition coefficient (Wildman–Crippen LogP) is 2.91. The van der Waals surface area contributed by atoms with Crippen molar-refractivity contribution in [3.8, 4) is 0 Å². The second-order valence-electron chi connectivity index (χ2n) is 2.36. The first-order valence-corrected chi connectivity index (χ1v) is 4.33. The zero-order valence-electron chi connectivity index (χ0n) is 7.11. The van der Waals surface area contributed by atoms with Crippen molar-refractivity contribution in [1.82, 2.24) is 0 Å². The van der Waals surface area contributed by atoms with Gasteiger partial charge in [0.25, 0.3) is 0 Å². The molecule has 1 amide bonds. The lowest BCUT2D eigenvalue weighted by Crippen LogP contribution is -2.11. The fourth-order valence-electron chi connectivity index (χ4n) is 0.779. The van der Waals surface area contributed by atoms with E-state index in [0.29, 0.717) is 0 Å². The van der Waals surface area contributed by atoms with Gasteiger partial charge in [-0.1, -0.05) is 0 Å². The molecule has 0 heterocycles. The van der Waals surface area contributed by atoms with Gasteiger partial charge >= 0.3 is 6.09 Å². The van der Waals surface area contributed by atoms with Gasteiger partial charge in [-0.25, -0.2) is 13.6 Å². The molecule has 0 aliphatic rings. The zero-order chi connectivity index (χ0) is 10.7. The van der Waals surface area contributed by atoms with E-state index >= 15 is 0 Å². The fourth-order valence-corrected chi connectivity index (χ4v) is 1.19. The number of nitrogens with one attached hydrogen (secondary N) is 1. The molecule has 1 rings (SSSR count). The molecule has 0 bridgehead atoms. The summed E-state index contributed by atoms with van der Waals surface area (Å²) in [5, 5.41) is 2.21. The first kappa shape index (κ1) is 10.9. The van der Waals surface area contributed by atoms with E-state index in [9.17, 15) is 13.6 Å². The number of carbonyl (C=O) groups is 1. The lowest BCUT2D eigenvalue weighted by atomic mass is 10.3. The summed E-state index contributed by atoms with van der Waals surface area (Å²) >= 11 is 2.96. The molecule has 0 aliphatic heterocycles. The summed E-state index contributed by atoms with van der Waals surface area (Å²) in [6, 6.07) is 1.77. The molecule has 1 aromatic carbocycles. The Balaban J connectivity index is 2.98. The largest absolute Gasteiger partial charge is 0.453 e. The van der Waals surface area contributed by atoms with Crippen LogP contribution in [0.2, 0.25) is 0 Å². The Kier molecular flexibility index (Phi) is 3.40. The highest BCUT2D eigenvalue weighted by atomic mass is 79.9. The third-order valence-electron chi connectivity index (χ3n) is 1.43. The number of anilines is 1. The number of hydrogen-bond acceptors (Lipinski definition) is 2. The summed E-state index contributed by atoms with van der Waals surface area (Å²) < 4.78 is 29.9. The molecule has 0 unspecified atom stereocenters. The molecular formula is C8H6BrF2NO2. The molecular weight excluding hydrogens is 260 g/mol. The van der Waals surface area contributed by atoms with Gasteiger partial charge in [0, 0.05) is 10.5 Å². The van der Waals surface area contributed by atoms with Crippen molar-refractivity contribution in [2.24, 2.45) is 0 Å². The maximum Gasteiger partial charge on any atom is 0.411 e. The lowest BCUT2D eigenvalue weighted by Gasteiger charge is -2.06. The highest BCUT2D eigenvalue weighted by Crippen LogP contribution is 2.25. The van der Waals surface area contributed by atoms with Gasteiger partial charge in [-0.3, -0.25) is 5.32 Å². The summed E-state index contributed by atoms with van der Waals surface area (Å²) in [5.74, 6) is -2.04. The van der Waals surface area contributed by atoms with Crippen LogP contribution < -0.4 is 5.32 Å². The number of carbonyl (C=O) groups excluding carboxylic acids is 1. The van der Waals surface area contributed by atoms with Crippen LogP contribution in [0.3, 0.4) is 0 Å². The van der Waals surface area contributed by atoms with Crippen LogP contribution in [0.5, 0.6) is 0 Å². The van der Waals surface area contributed by atoms with E-state index in [0.717, 1.165) is 12.1 Å². The molecule has 14 heavy (non-hydrogen) atoms. The van der Waals surface area contributed by atoms with Crippen LogP contribution in [0.1, 0.15) is 0 Å². The van der Waals surface area contributed by atoms with Gasteiger partial charge in [0.2, 0.25) is 0 Å². The molecule has 0 aliphatic carbocycles. The summed E-state index contributed by atoms with van der Waals surface area (Å²) in [4.78, 5) is 10.8. The van der Waals surface area contributed by atoms with Crippen molar-refractivity contribution >= 4 is 27.7 Å². The summed E-state index contributed by atoms with van der Waals surface area (Å²) in [6.45, 7) is 0. The number of hydrogen-bond donors (Lipinski definition) is 1. The van der Waals surface area contributed by atoms with Crippen LogP contribution in [0.4, 0.5) is 19.3 Å². The lowest BCUT2D eigenvalue weighted by molar-refractivity contribution is 0.187. The number of ether oxygens (including phenoxy) is 1. The Bertz CT molecular complexity index is 371. The molecule has 0 radical (unpaired) electrons. The van der Waals surface area contributed by atoms with Crippen LogP contribution in [0, 0.1) is 11.6 Å². The first-order chi connectivity index (χ1) is 6.54. The smallest absolute Gasteiger partial charge is 0.411 e. The number of amides is 1. The summed E-state index contributed by atoms with van der Waals surface area (Å²) in [7, 11) is 1.17. The Morgan fingerprint density at radius 2 is 2.00 bits per heavy atom. The number of benzene rings is 1. The van der Waals surface area contributed by atoms with E-state index in [2.05, 4.69) is 26.0 Å². The molecule has 76 valence electrons. The molecule has 0 aromatic heterocycles. The highest BCUT2D eigenvalue weighted by Gasteiger charge is 2.10. The topological polar surface area (TPSA) is 38.3 Å². The number of halogens is 3. The zero-order valence-corrected chi connectivity index (χ0v) is 8.69. The van der Waals surface area contributed by atoms with E-state index in [4.69, 9.17) is 0 Å². The van der Waals surface area contributed by atoms with Gasteiger partial charge in [0.05, 0.1) is 12.8 Å². The minimum Gasteiger partial charge on any atom is -0.453 e. The summed E-state index contributed by atoms with van der Waals surface area (Å²) in [6.07, 6.45) is -0.753. The van der Waals surface area contributed by atoms with Crippen LogP contribution in [-0.4, -0.2) is 13.2 Å². The summed E-state index contributed by atoms with van der Waals surface area (Å²) in [5.41, 5.74) is 0.107. The molecule has 0 spiro atoms. The van der Waals surface area contributed by atoms with Gasteiger partial charge in [0.1, 0.15) is 0 Å². The molecule has 0 saturated heterocycles. The fraction of sp³-hybridized carbons (Fsp3) is 0.125. The molecule has 0 saturated carbocycles. The Morgan fingerprint density at radius 3 is 2.57 bits per heavy atom. The third kappa shape index (κ3) is 2.41. The van der Waals surface area contributed by atoms with Gasteiger partial charge in [0.15, 0.2) is 11.6 Å². The number of rotatable bonds is 1. The normalized spacial score (nSPS) is 9.71. The molecule has 1 N–H and O–H groups in total. The van der Waals surface area contributed by atoms with Gasteiger partial charge < -0.3 is 4.74 Å². The monoisotopic (exact) mass is 265 g/mol. The number of methoxy groups -OCH3 is 1. The van der Waals surface area contributed by atoms with Crippen molar-refractivity contribution in [3.63, 3.8) is 0 Å². The molecule has 3 nitrogen and oxygen atoms in total. The average molecular weight is 266 g/mol. The van der Waals surface area contributed by atoms with Crippen molar-refractivity contribution in [2.45, 2.75) is 0 Å². The standard InChI is InChI=1S/C8H6BrF2NO2/c1-14-8(13)12-7-3-6(11)5(10)2-4(7)9/h2-3H,1H3,(H,12,13). The minimum atomic E-state index is -1.04. The van der Waals surface area contributed by atoms with Crippen molar-refractivity contribution in [2.75, 3.05) is 12.4 Å². The van der Waals surface area contributed by atoms with E-state index in [1.54, 1.807) is 0 Å². The van der Waals surface area contributed by atoms with Crippen LogP contribution in [0.15, 0.2) is 16.6 Å². The van der Waals surface area contributed by atoms with Gasteiger partial charge in [-0.2, -0.15) is 0 Å². The molecule has 1 aromatic rings. The SMILES string of the molecule is COC(=O)Nc1cc(F)c(F)cc1Br. The van der Waals surface area contributed by atoms with Crippen molar-refractivity contribution in [1.29, 1.82) is 0 Å². The van der Waals surface area contributed by atoms with E-state index < -0.39 is 17.7 Å². The minimum absolute atomic E-state index is 0.107. The highest BCUT2D eigenvalue weighted by molar-refractivity contribution is 9.10. The van der Waals surface area contributed by atoms with E-state index in [-0.39, 0.29) is 10.2 Å². The Morgan fingerprint density at radius 1 is 1.43 bits per heavy atom. The van der Waals surface area contributed by atoms with E-state index in [1.807, 2.05) is 0 Å². The van der Waals surface area contributed by atoms with Crippen LogP contribution in [-0.2, 0) is 4.74 Å². The second kappa shape index (κ2) is 4.36.